The molecule has 1 aromatic rings. The standard InChI is InChI=1S/C12H16FNO2S/c1-9(7-8-17(2)16)14-12(15)10-5-3-4-6-11(10)13/h3-6,9H,7-8H2,1-2H3,(H,14,15). The maximum Gasteiger partial charge on any atom is 0.254 e. The second-order valence-corrected chi connectivity index (χ2v) is 5.47. The highest BCUT2D eigenvalue weighted by atomic mass is 32.2. The number of hydrogen-bond donors (Lipinski definition) is 1. The van der Waals surface area contributed by atoms with E-state index in [2.05, 4.69) is 5.32 Å². The Hall–Kier alpha value is -1.23. The van der Waals surface area contributed by atoms with Crippen molar-refractivity contribution >= 4 is 16.7 Å². The largest absolute Gasteiger partial charge is 0.349 e. The first-order valence-electron chi connectivity index (χ1n) is 5.36. The molecule has 1 aromatic carbocycles. The normalized spacial score (nSPS) is 14.1. The maximum absolute atomic E-state index is 13.3. The Balaban J connectivity index is 2.55. The molecule has 2 atom stereocenters. The van der Waals surface area contributed by atoms with E-state index in [1.165, 1.54) is 18.2 Å². The lowest BCUT2D eigenvalue weighted by Gasteiger charge is -2.13. The lowest BCUT2D eigenvalue weighted by Crippen LogP contribution is -2.34. The van der Waals surface area contributed by atoms with E-state index in [0.717, 1.165) is 0 Å². The average molecular weight is 257 g/mol. The molecule has 0 aromatic heterocycles. The van der Waals surface area contributed by atoms with Gasteiger partial charge in [-0.05, 0) is 25.5 Å². The smallest absolute Gasteiger partial charge is 0.254 e. The van der Waals surface area contributed by atoms with Crippen molar-refractivity contribution in [3.8, 4) is 0 Å². The van der Waals surface area contributed by atoms with E-state index in [0.29, 0.717) is 12.2 Å². The highest BCUT2D eigenvalue weighted by molar-refractivity contribution is 7.84. The molecule has 3 nitrogen and oxygen atoms in total. The SMILES string of the molecule is CC(CCS(C)=O)NC(=O)c1ccccc1F. The molecule has 1 rings (SSSR count). The zero-order valence-corrected chi connectivity index (χ0v) is 10.7. The third-order valence-corrected chi connectivity index (χ3v) is 3.14. The van der Waals surface area contributed by atoms with E-state index >= 15 is 0 Å². The minimum Gasteiger partial charge on any atom is -0.349 e. The number of carbonyl (C=O) groups excluding carboxylic acids is 1. The third-order valence-electron chi connectivity index (χ3n) is 2.33. The minimum atomic E-state index is -0.875. The summed E-state index contributed by atoms with van der Waals surface area (Å²) in [4.78, 5) is 11.7. The maximum atomic E-state index is 13.3. The van der Waals surface area contributed by atoms with Gasteiger partial charge < -0.3 is 5.32 Å². The van der Waals surface area contributed by atoms with Crippen LogP contribution < -0.4 is 5.32 Å². The highest BCUT2D eigenvalue weighted by Crippen LogP contribution is 2.06. The Kier molecular flexibility index (Phi) is 5.28. The highest BCUT2D eigenvalue weighted by Gasteiger charge is 2.13. The van der Waals surface area contributed by atoms with Crippen molar-refractivity contribution in [3.05, 3.63) is 35.6 Å². The van der Waals surface area contributed by atoms with E-state index in [1.54, 1.807) is 12.3 Å². The first kappa shape index (κ1) is 13.8. The van der Waals surface area contributed by atoms with Crippen LogP contribution in [0.3, 0.4) is 0 Å². The van der Waals surface area contributed by atoms with Gasteiger partial charge in [0.15, 0.2) is 0 Å². The number of rotatable bonds is 5. The fourth-order valence-electron chi connectivity index (χ4n) is 1.36. The number of hydrogen-bond acceptors (Lipinski definition) is 2. The topological polar surface area (TPSA) is 46.2 Å². The summed E-state index contributed by atoms with van der Waals surface area (Å²) < 4.78 is 24.2. The first-order chi connectivity index (χ1) is 8.00. The molecule has 0 heterocycles. The zero-order valence-electron chi connectivity index (χ0n) is 9.90. The molecule has 1 N–H and O–H groups in total. The zero-order chi connectivity index (χ0) is 12.8. The van der Waals surface area contributed by atoms with Crippen LogP contribution in [-0.4, -0.2) is 28.2 Å². The van der Waals surface area contributed by atoms with Crippen LogP contribution in [-0.2, 0) is 10.8 Å². The molecule has 94 valence electrons. The molecule has 0 saturated carbocycles. The van der Waals surface area contributed by atoms with Crippen molar-refractivity contribution in [2.24, 2.45) is 0 Å². The Morgan fingerprint density at radius 2 is 2.12 bits per heavy atom. The molecule has 0 aliphatic heterocycles. The quantitative estimate of drug-likeness (QED) is 0.873. The minimum absolute atomic E-state index is 0.0389. The fraction of sp³-hybridized carbons (Fsp3) is 0.417. The summed E-state index contributed by atoms with van der Waals surface area (Å²) in [6.45, 7) is 1.81. The molecule has 0 spiro atoms. The lowest BCUT2D eigenvalue weighted by atomic mass is 10.1. The molecular weight excluding hydrogens is 241 g/mol. The molecule has 2 unspecified atom stereocenters. The Morgan fingerprint density at radius 1 is 1.47 bits per heavy atom. The molecule has 0 saturated heterocycles. The third kappa shape index (κ3) is 4.65. The lowest BCUT2D eigenvalue weighted by molar-refractivity contribution is 0.0935. The summed E-state index contributed by atoms with van der Waals surface area (Å²) in [6.07, 6.45) is 2.23. The monoisotopic (exact) mass is 257 g/mol. The van der Waals surface area contributed by atoms with Gasteiger partial charge in [0.1, 0.15) is 5.82 Å². The summed E-state index contributed by atoms with van der Waals surface area (Å²) >= 11 is 0. The van der Waals surface area contributed by atoms with Gasteiger partial charge in [-0.25, -0.2) is 4.39 Å². The summed E-state index contributed by atoms with van der Waals surface area (Å²) in [5.41, 5.74) is 0.0389. The summed E-state index contributed by atoms with van der Waals surface area (Å²) in [5.74, 6) is -0.438. The predicted octanol–water partition coefficient (Wildman–Crippen LogP) is 1.71. The van der Waals surface area contributed by atoms with Crippen molar-refractivity contribution in [2.45, 2.75) is 19.4 Å². The Morgan fingerprint density at radius 3 is 2.71 bits per heavy atom. The summed E-state index contributed by atoms with van der Waals surface area (Å²) in [7, 11) is -0.875. The van der Waals surface area contributed by atoms with Gasteiger partial charge in [0.05, 0.1) is 5.56 Å². The number of carbonyl (C=O) groups is 1. The molecule has 0 aliphatic rings. The van der Waals surface area contributed by atoms with Crippen LogP contribution in [0.25, 0.3) is 0 Å². The van der Waals surface area contributed by atoms with Crippen LogP contribution in [0.1, 0.15) is 23.7 Å². The van der Waals surface area contributed by atoms with E-state index in [9.17, 15) is 13.4 Å². The van der Waals surface area contributed by atoms with Gasteiger partial charge in [-0.15, -0.1) is 0 Å². The van der Waals surface area contributed by atoms with Gasteiger partial charge in [-0.2, -0.15) is 0 Å². The number of halogens is 1. The van der Waals surface area contributed by atoms with Gasteiger partial charge in [0, 0.05) is 28.9 Å². The van der Waals surface area contributed by atoms with E-state index in [1.807, 2.05) is 6.92 Å². The number of benzene rings is 1. The van der Waals surface area contributed by atoms with E-state index in [-0.39, 0.29) is 11.6 Å². The van der Waals surface area contributed by atoms with Gasteiger partial charge in [-0.1, -0.05) is 12.1 Å². The van der Waals surface area contributed by atoms with Gasteiger partial charge >= 0.3 is 0 Å². The van der Waals surface area contributed by atoms with E-state index in [4.69, 9.17) is 0 Å². The molecule has 17 heavy (non-hydrogen) atoms. The average Bonchev–Trinajstić information content (AvgIpc) is 2.26. The molecule has 0 bridgehead atoms. The number of nitrogens with one attached hydrogen (secondary N) is 1. The Labute approximate surface area is 103 Å². The predicted molar refractivity (Wildman–Crippen MR) is 66.9 cm³/mol. The van der Waals surface area contributed by atoms with Crippen molar-refractivity contribution in [3.63, 3.8) is 0 Å². The second kappa shape index (κ2) is 6.49. The molecule has 0 fully saturated rings. The first-order valence-corrected chi connectivity index (χ1v) is 7.09. The fourth-order valence-corrected chi connectivity index (χ4v) is 2.05. The van der Waals surface area contributed by atoms with Gasteiger partial charge in [0.2, 0.25) is 0 Å². The van der Waals surface area contributed by atoms with E-state index < -0.39 is 22.5 Å². The van der Waals surface area contributed by atoms with Crippen LogP contribution in [0.15, 0.2) is 24.3 Å². The molecule has 5 heteroatoms. The van der Waals surface area contributed by atoms with Crippen LogP contribution in [0.2, 0.25) is 0 Å². The molecule has 0 radical (unpaired) electrons. The van der Waals surface area contributed by atoms with Crippen molar-refractivity contribution in [1.82, 2.24) is 5.32 Å². The molecule has 1 amide bonds. The van der Waals surface area contributed by atoms with Crippen LogP contribution in [0, 0.1) is 5.82 Å². The number of amides is 1. The van der Waals surface area contributed by atoms with Gasteiger partial charge in [-0.3, -0.25) is 9.00 Å². The van der Waals surface area contributed by atoms with Crippen LogP contribution in [0.5, 0.6) is 0 Å². The molecular formula is C12H16FNO2S. The Bertz CT molecular complexity index is 423. The molecule has 0 aliphatic carbocycles. The van der Waals surface area contributed by atoms with Crippen LogP contribution >= 0.6 is 0 Å². The second-order valence-electron chi connectivity index (χ2n) is 3.92. The van der Waals surface area contributed by atoms with Gasteiger partial charge in [0.25, 0.3) is 5.91 Å². The summed E-state index contributed by atoms with van der Waals surface area (Å²) in [5, 5.41) is 2.68. The van der Waals surface area contributed by atoms with Crippen molar-refractivity contribution < 1.29 is 13.4 Å². The van der Waals surface area contributed by atoms with Crippen molar-refractivity contribution in [1.29, 1.82) is 0 Å². The van der Waals surface area contributed by atoms with Crippen molar-refractivity contribution in [2.75, 3.05) is 12.0 Å². The van der Waals surface area contributed by atoms with Crippen LogP contribution in [0.4, 0.5) is 4.39 Å². The summed E-state index contributed by atoms with van der Waals surface area (Å²) in [6, 6.07) is 5.72.